The van der Waals surface area contributed by atoms with E-state index in [1.54, 1.807) is 0 Å². The molecule has 0 spiro atoms. The molecule has 4 heteroatoms. The van der Waals surface area contributed by atoms with Crippen molar-refractivity contribution in [3.8, 4) is 0 Å². The van der Waals surface area contributed by atoms with Gasteiger partial charge >= 0.3 is 0 Å². The van der Waals surface area contributed by atoms with Crippen LogP contribution in [0, 0.1) is 12.8 Å². The lowest BCUT2D eigenvalue weighted by Crippen LogP contribution is -2.39. The van der Waals surface area contributed by atoms with E-state index in [9.17, 15) is 5.11 Å². The fraction of sp³-hybridized carbons (Fsp3) is 0.700. The van der Waals surface area contributed by atoms with E-state index < -0.39 is 6.10 Å². The van der Waals surface area contributed by atoms with E-state index in [2.05, 4.69) is 49.9 Å². The summed E-state index contributed by atoms with van der Waals surface area (Å²) in [6, 6.07) is 8.45. The van der Waals surface area contributed by atoms with E-state index in [1.807, 2.05) is 0 Å². The molecular weight excluding hydrogens is 302 g/mol. The number of nitrogens with zero attached hydrogens (tertiary/aromatic N) is 1. The van der Waals surface area contributed by atoms with Gasteiger partial charge in [0.05, 0.1) is 18.8 Å². The van der Waals surface area contributed by atoms with E-state index in [0.717, 1.165) is 32.5 Å². The molecule has 4 nitrogen and oxygen atoms in total. The highest BCUT2D eigenvalue weighted by Crippen LogP contribution is 2.17. The summed E-state index contributed by atoms with van der Waals surface area (Å²) in [4.78, 5) is 2.31. The van der Waals surface area contributed by atoms with Crippen LogP contribution in [0.4, 0.5) is 0 Å². The number of aliphatic hydroxyl groups excluding tert-OH is 1. The van der Waals surface area contributed by atoms with Crippen molar-refractivity contribution in [3.63, 3.8) is 0 Å². The Hall–Kier alpha value is -0.940. The molecular formula is C20H33NO3. The molecule has 1 saturated heterocycles. The van der Waals surface area contributed by atoms with Crippen LogP contribution in [0.3, 0.4) is 0 Å². The molecule has 2 unspecified atom stereocenters. The Morgan fingerprint density at radius 3 is 2.75 bits per heavy atom. The maximum absolute atomic E-state index is 10.3. The van der Waals surface area contributed by atoms with Crippen LogP contribution in [0.25, 0.3) is 0 Å². The van der Waals surface area contributed by atoms with E-state index in [-0.39, 0.29) is 6.10 Å². The van der Waals surface area contributed by atoms with Crippen molar-refractivity contribution in [2.45, 2.75) is 52.4 Å². The summed E-state index contributed by atoms with van der Waals surface area (Å²) in [7, 11) is 0. The molecule has 0 bridgehead atoms. The average molecular weight is 335 g/mol. The van der Waals surface area contributed by atoms with Crippen molar-refractivity contribution >= 4 is 0 Å². The molecule has 0 amide bonds. The number of hydrogen-bond donors (Lipinski definition) is 1. The Bertz CT molecular complexity index is 472. The van der Waals surface area contributed by atoms with E-state index in [1.165, 1.54) is 11.1 Å². The summed E-state index contributed by atoms with van der Waals surface area (Å²) in [6.07, 6.45) is 2.08. The Kier molecular flexibility index (Phi) is 8.19. The second-order valence-corrected chi connectivity index (χ2v) is 7.34. The molecule has 1 aromatic rings. The van der Waals surface area contributed by atoms with Crippen LogP contribution >= 0.6 is 0 Å². The monoisotopic (exact) mass is 335 g/mol. The zero-order chi connectivity index (χ0) is 17.4. The van der Waals surface area contributed by atoms with Gasteiger partial charge in [-0.15, -0.1) is 0 Å². The van der Waals surface area contributed by atoms with Crippen LogP contribution in [0.15, 0.2) is 24.3 Å². The van der Waals surface area contributed by atoms with Gasteiger partial charge in [0.1, 0.15) is 0 Å². The lowest BCUT2D eigenvalue weighted by atomic mass is 10.1. The number of aliphatic hydroxyl groups is 1. The smallest absolute Gasteiger partial charge is 0.0900 e. The summed E-state index contributed by atoms with van der Waals surface area (Å²) in [5.74, 6) is 0.493. The summed E-state index contributed by atoms with van der Waals surface area (Å²) in [6.45, 7) is 10.7. The van der Waals surface area contributed by atoms with Crippen molar-refractivity contribution in [1.82, 2.24) is 4.90 Å². The number of benzene rings is 1. The minimum absolute atomic E-state index is 0.290. The zero-order valence-electron chi connectivity index (χ0n) is 15.4. The molecule has 1 heterocycles. The molecule has 2 rings (SSSR count). The van der Waals surface area contributed by atoms with Crippen LogP contribution in [0.1, 0.15) is 37.8 Å². The standard InChI is InChI=1S/C20H33NO3/c1-16(2)14-23-15-19(22)12-21(13-20-9-6-10-24-20)11-18-8-5-4-7-17(18)3/h4-5,7-8,16,19-20,22H,6,9-15H2,1-3H3. The van der Waals surface area contributed by atoms with Crippen LogP contribution < -0.4 is 0 Å². The molecule has 0 saturated carbocycles. The quantitative estimate of drug-likeness (QED) is 0.714. The topological polar surface area (TPSA) is 41.9 Å². The van der Waals surface area contributed by atoms with Gasteiger partial charge in [0.15, 0.2) is 0 Å². The summed E-state index contributed by atoms with van der Waals surface area (Å²) >= 11 is 0. The molecule has 24 heavy (non-hydrogen) atoms. The number of aryl methyl sites for hydroxylation is 1. The third-order valence-corrected chi connectivity index (χ3v) is 4.37. The normalized spacial score (nSPS) is 19.3. The minimum Gasteiger partial charge on any atom is -0.389 e. The van der Waals surface area contributed by atoms with Crippen molar-refractivity contribution < 1.29 is 14.6 Å². The number of hydrogen-bond acceptors (Lipinski definition) is 4. The second-order valence-electron chi connectivity index (χ2n) is 7.34. The lowest BCUT2D eigenvalue weighted by molar-refractivity contribution is -0.00394. The highest BCUT2D eigenvalue weighted by Gasteiger charge is 2.21. The molecule has 1 aliphatic rings. The van der Waals surface area contributed by atoms with Gasteiger partial charge < -0.3 is 14.6 Å². The molecule has 1 aromatic carbocycles. The molecule has 0 aromatic heterocycles. The summed E-state index contributed by atoms with van der Waals surface area (Å²) in [5, 5.41) is 10.3. The van der Waals surface area contributed by atoms with Crippen LogP contribution in [-0.2, 0) is 16.0 Å². The molecule has 0 aliphatic carbocycles. The first kappa shape index (κ1) is 19.4. The highest BCUT2D eigenvalue weighted by atomic mass is 16.5. The van der Waals surface area contributed by atoms with Crippen molar-refractivity contribution in [2.24, 2.45) is 5.92 Å². The predicted octanol–water partition coefficient (Wildman–Crippen LogP) is 3.01. The van der Waals surface area contributed by atoms with Gasteiger partial charge in [-0.1, -0.05) is 38.1 Å². The van der Waals surface area contributed by atoms with Gasteiger partial charge in [0.25, 0.3) is 0 Å². The van der Waals surface area contributed by atoms with Gasteiger partial charge in [-0.3, -0.25) is 4.90 Å². The van der Waals surface area contributed by atoms with Crippen molar-refractivity contribution in [2.75, 3.05) is 32.9 Å². The van der Waals surface area contributed by atoms with Crippen molar-refractivity contribution in [3.05, 3.63) is 35.4 Å². The lowest BCUT2D eigenvalue weighted by Gasteiger charge is -2.28. The molecule has 2 atom stereocenters. The maximum Gasteiger partial charge on any atom is 0.0900 e. The van der Waals surface area contributed by atoms with E-state index in [4.69, 9.17) is 9.47 Å². The predicted molar refractivity (Wildman–Crippen MR) is 97.1 cm³/mol. The fourth-order valence-corrected chi connectivity index (χ4v) is 3.10. The largest absolute Gasteiger partial charge is 0.389 e. The summed E-state index contributed by atoms with van der Waals surface area (Å²) < 4.78 is 11.4. The summed E-state index contributed by atoms with van der Waals surface area (Å²) in [5.41, 5.74) is 2.60. The van der Waals surface area contributed by atoms with Crippen LogP contribution in [-0.4, -0.2) is 55.1 Å². The minimum atomic E-state index is -0.464. The first-order valence-corrected chi connectivity index (χ1v) is 9.19. The Morgan fingerprint density at radius 2 is 2.08 bits per heavy atom. The molecule has 136 valence electrons. The van der Waals surface area contributed by atoms with Gasteiger partial charge in [-0.25, -0.2) is 0 Å². The van der Waals surface area contributed by atoms with Crippen LogP contribution in [0.2, 0.25) is 0 Å². The third kappa shape index (κ3) is 6.89. The Morgan fingerprint density at radius 1 is 1.29 bits per heavy atom. The fourth-order valence-electron chi connectivity index (χ4n) is 3.10. The van der Waals surface area contributed by atoms with Gasteiger partial charge in [0, 0.05) is 32.8 Å². The number of rotatable bonds is 10. The van der Waals surface area contributed by atoms with Crippen LogP contribution in [0.5, 0.6) is 0 Å². The first-order chi connectivity index (χ1) is 11.5. The molecule has 0 radical (unpaired) electrons. The highest BCUT2D eigenvalue weighted by molar-refractivity contribution is 5.25. The second kappa shape index (κ2) is 10.1. The van der Waals surface area contributed by atoms with Crippen molar-refractivity contribution in [1.29, 1.82) is 0 Å². The Balaban J connectivity index is 1.90. The average Bonchev–Trinajstić information content (AvgIpc) is 3.02. The zero-order valence-corrected chi connectivity index (χ0v) is 15.4. The molecule has 1 N–H and O–H groups in total. The van der Waals surface area contributed by atoms with Gasteiger partial charge in [-0.2, -0.15) is 0 Å². The SMILES string of the molecule is Cc1ccccc1CN(CC(O)COCC(C)C)CC1CCCO1. The van der Waals surface area contributed by atoms with E-state index >= 15 is 0 Å². The number of ether oxygens (including phenoxy) is 2. The van der Waals surface area contributed by atoms with Gasteiger partial charge in [0.2, 0.25) is 0 Å². The molecule has 1 aliphatic heterocycles. The molecule has 1 fully saturated rings. The Labute approximate surface area is 146 Å². The maximum atomic E-state index is 10.3. The van der Waals surface area contributed by atoms with E-state index in [0.29, 0.717) is 25.7 Å². The van der Waals surface area contributed by atoms with Gasteiger partial charge in [-0.05, 0) is 36.8 Å². The first-order valence-electron chi connectivity index (χ1n) is 9.19. The third-order valence-electron chi connectivity index (χ3n) is 4.37.